The molecular weight excluding hydrogens is 262 g/mol. The molecule has 0 saturated carbocycles. The minimum atomic E-state index is 0.874. The molecule has 0 unspecified atom stereocenters. The van der Waals surface area contributed by atoms with Crippen molar-refractivity contribution >= 4 is 11.6 Å². The average molecular weight is 291 g/mol. The van der Waals surface area contributed by atoms with Crippen molar-refractivity contribution in [3.8, 4) is 0 Å². The summed E-state index contributed by atoms with van der Waals surface area (Å²) in [5.41, 5.74) is 0. The van der Waals surface area contributed by atoms with Crippen molar-refractivity contribution in [1.29, 1.82) is 0 Å². The number of rotatable bonds is 6. The number of hydrogen-bond donors (Lipinski definition) is 0. The maximum Gasteiger partial charge on any atom is 0.134 e. The Labute approximate surface area is 129 Å². The van der Waals surface area contributed by atoms with Crippen LogP contribution in [0.1, 0.15) is 32.5 Å². The van der Waals surface area contributed by atoms with Gasteiger partial charge in [0.05, 0.1) is 0 Å². The molecule has 0 aliphatic carbocycles. The number of aryl methyl sites for hydroxylation is 1. The van der Waals surface area contributed by atoms with Crippen LogP contribution in [0.2, 0.25) is 0 Å². The van der Waals surface area contributed by atoms with Gasteiger partial charge in [-0.15, -0.1) is 0 Å². The van der Waals surface area contributed by atoms with Crippen molar-refractivity contribution in [1.82, 2.24) is 14.9 Å². The summed E-state index contributed by atoms with van der Waals surface area (Å²) >= 11 is 0. The number of aromatic nitrogens is 2. The number of likely N-dealkylation sites (N-methyl/N-ethyl adjacent to an activating group) is 1. The van der Waals surface area contributed by atoms with Gasteiger partial charge in [0.2, 0.25) is 0 Å². The number of anilines is 2. The normalized spacial score (nSPS) is 16.3. The summed E-state index contributed by atoms with van der Waals surface area (Å²) in [6.45, 7) is 12.9. The monoisotopic (exact) mass is 291 g/mol. The van der Waals surface area contributed by atoms with Gasteiger partial charge in [-0.05, 0) is 26.8 Å². The largest absolute Gasteiger partial charge is 0.356 e. The van der Waals surface area contributed by atoms with Crippen LogP contribution in [0.15, 0.2) is 6.07 Å². The van der Waals surface area contributed by atoms with Gasteiger partial charge in [0.15, 0.2) is 0 Å². The highest BCUT2D eigenvalue weighted by atomic mass is 15.3. The molecule has 0 amide bonds. The quantitative estimate of drug-likeness (QED) is 0.802. The molecule has 118 valence electrons. The van der Waals surface area contributed by atoms with Crippen molar-refractivity contribution < 1.29 is 0 Å². The van der Waals surface area contributed by atoms with E-state index < -0.39 is 0 Å². The summed E-state index contributed by atoms with van der Waals surface area (Å²) in [5, 5.41) is 0. The van der Waals surface area contributed by atoms with Gasteiger partial charge in [0, 0.05) is 45.3 Å². The topological polar surface area (TPSA) is 35.5 Å². The predicted octanol–water partition coefficient (Wildman–Crippen LogP) is 2.16. The van der Waals surface area contributed by atoms with Crippen LogP contribution < -0.4 is 9.80 Å². The van der Waals surface area contributed by atoms with Crippen LogP contribution >= 0.6 is 0 Å². The van der Waals surface area contributed by atoms with Crippen molar-refractivity contribution in [2.24, 2.45) is 0 Å². The van der Waals surface area contributed by atoms with Gasteiger partial charge in [-0.3, -0.25) is 0 Å². The molecule has 2 rings (SSSR count). The highest BCUT2D eigenvalue weighted by Crippen LogP contribution is 2.20. The molecule has 21 heavy (non-hydrogen) atoms. The maximum absolute atomic E-state index is 4.66. The lowest BCUT2D eigenvalue weighted by Crippen LogP contribution is -2.45. The summed E-state index contributed by atoms with van der Waals surface area (Å²) in [6, 6.07) is 2.17. The third-order valence-corrected chi connectivity index (χ3v) is 3.95. The smallest absolute Gasteiger partial charge is 0.134 e. The van der Waals surface area contributed by atoms with E-state index in [4.69, 9.17) is 0 Å². The Morgan fingerprint density at radius 2 is 1.67 bits per heavy atom. The lowest BCUT2D eigenvalue weighted by atomic mass is 10.3. The van der Waals surface area contributed by atoms with Gasteiger partial charge in [0.1, 0.15) is 17.5 Å². The zero-order valence-electron chi connectivity index (χ0n) is 14.0. The number of nitrogens with zero attached hydrogens (tertiary/aromatic N) is 5. The van der Waals surface area contributed by atoms with Crippen LogP contribution in [-0.2, 0) is 0 Å². The highest BCUT2D eigenvalue weighted by molar-refractivity contribution is 5.51. The molecule has 5 nitrogen and oxygen atoms in total. The Morgan fingerprint density at radius 3 is 2.24 bits per heavy atom. The van der Waals surface area contributed by atoms with Crippen molar-refractivity contribution in [3.05, 3.63) is 11.9 Å². The number of piperazine rings is 1. The van der Waals surface area contributed by atoms with E-state index in [9.17, 15) is 0 Å². The van der Waals surface area contributed by atoms with Gasteiger partial charge in [-0.25, -0.2) is 9.97 Å². The Kier molecular flexibility index (Phi) is 5.79. The third-order valence-electron chi connectivity index (χ3n) is 3.95. The van der Waals surface area contributed by atoms with Crippen LogP contribution in [0.5, 0.6) is 0 Å². The molecule has 1 fully saturated rings. The summed E-state index contributed by atoms with van der Waals surface area (Å²) < 4.78 is 0. The Hall–Kier alpha value is -1.36. The molecular formula is C16H29N5. The van der Waals surface area contributed by atoms with E-state index in [2.05, 4.69) is 51.6 Å². The fraction of sp³-hybridized carbons (Fsp3) is 0.750. The summed E-state index contributed by atoms with van der Waals surface area (Å²) in [4.78, 5) is 16.4. The van der Waals surface area contributed by atoms with Gasteiger partial charge in [-0.1, -0.05) is 13.8 Å². The van der Waals surface area contributed by atoms with E-state index in [0.717, 1.165) is 69.6 Å². The molecule has 0 aromatic carbocycles. The van der Waals surface area contributed by atoms with Crippen LogP contribution in [0, 0.1) is 6.92 Å². The van der Waals surface area contributed by atoms with Crippen molar-refractivity contribution in [2.45, 2.75) is 33.6 Å². The molecule has 0 bridgehead atoms. The van der Waals surface area contributed by atoms with Gasteiger partial charge in [0.25, 0.3) is 0 Å². The number of hydrogen-bond acceptors (Lipinski definition) is 5. The zero-order chi connectivity index (χ0) is 15.2. The van der Waals surface area contributed by atoms with Crippen molar-refractivity contribution in [2.75, 3.05) is 56.1 Å². The predicted molar refractivity (Wildman–Crippen MR) is 89.3 cm³/mol. The summed E-state index contributed by atoms with van der Waals surface area (Å²) in [7, 11) is 2.18. The Balaban J connectivity index is 2.19. The second-order valence-corrected chi connectivity index (χ2v) is 5.91. The molecule has 0 radical (unpaired) electrons. The first-order valence-electron chi connectivity index (χ1n) is 8.18. The molecule has 1 aromatic heterocycles. The van der Waals surface area contributed by atoms with Crippen LogP contribution in [0.3, 0.4) is 0 Å². The SMILES string of the molecule is CCCN(CCC)c1cc(N2CCN(C)CC2)nc(C)n1. The summed E-state index contributed by atoms with van der Waals surface area (Å²) in [5.74, 6) is 3.04. The van der Waals surface area contributed by atoms with E-state index >= 15 is 0 Å². The third kappa shape index (κ3) is 4.30. The second-order valence-electron chi connectivity index (χ2n) is 5.91. The standard InChI is InChI=1S/C16H29N5/c1-5-7-20(8-6-2)15-13-16(18-14(3)17-15)21-11-9-19(4)10-12-21/h13H,5-12H2,1-4H3. The lowest BCUT2D eigenvalue weighted by molar-refractivity contribution is 0.312. The molecule has 1 aliphatic heterocycles. The molecule has 2 heterocycles. The van der Waals surface area contributed by atoms with Gasteiger partial charge < -0.3 is 14.7 Å². The Bertz CT molecular complexity index is 434. The fourth-order valence-electron chi connectivity index (χ4n) is 2.78. The highest BCUT2D eigenvalue weighted by Gasteiger charge is 2.17. The average Bonchev–Trinajstić information content (AvgIpc) is 2.47. The van der Waals surface area contributed by atoms with Crippen LogP contribution in [0.4, 0.5) is 11.6 Å². The first-order valence-corrected chi connectivity index (χ1v) is 8.18. The molecule has 1 saturated heterocycles. The molecule has 0 atom stereocenters. The van der Waals surface area contributed by atoms with E-state index in [-0.39, 0.29) is 0 Å². The zero-order valence-corrected chi connectivity index (χ0v) is 14.0. The first-order chi connectivity index (χ1) is 10.1. The van der Waals surface area contributed by atoms with Crippen LogP contribution in [-0.4, -0.2) is 61.2 Å². The molecule has 1 aromatic rings. The first kappa shape index (κ1) is 16.0. The molecule has 0 spiro atoms. The van der Waals surface area contributed by atoms with Crippen LogP contribution in [0.25, 0.3) is 0 Å². The maximum atomic E-state index is 4.66. The van der Waals surface area contributed by atoms with E-state index in [1.165, 1.54) is 0 Å². The lowest BCUT2D eigenvalue weighted by Gasteiger charge is -2.34. The van der Waals surface area contributed by atoms with Crippen molar-refractivity contribution in [3.63, 3.8) is 0 Å². The minimum Gasteiger partial charge on any atom is -0.356 e. The fourth-order valence-corrected chi connectivity index (χ4v) is 2.78. The van der Waals surface area contributed by atoms with E-state index in [1.807, 2.05) is 6.92 Å². The minimum absolute atomic E-state index is 0.874. The van der Waals surface area contributed by atoms with E-state index in [1.54, 1.807) is 0 Å². The Morgan fingerprint density at radius 1 is 1.05 bits per heavy atom. The molecule has 5 heteroatoms. The van der Waals surface area contributed by atoms with Gasteiger partial charge >= 0.3 is 0 Å². The molecule has 1 aliphatic rings. The second kappa shape index (κ2) is 7.59. The summed E-state index contributed by atoms with van der Waals surface area (Å²) in [6.07, 6.45) is 2.29. The van der Waals surface area contributed by atoms with Gasteiger partial charge in [-0.2, -0.15) is 0 Å². The molecule has 0 N–H and O–H groups in total. The van der Waals surface area contributed by atoms with E-state index in [0.29, 0.717) is 0 Å².